The lowest BCUT2D eigenvalue weighted by molar-refractivity contribution is -0.141. The monoisotopic (exact) mass is 365 g/mol. The van der Waals surface area contributed by atoms with E-state index in [-0.39, 0.29) is 22.8 Å². The molecule has 0 unspecified atom stereocenters. The van der Waals surface area contributed by atoms with Crippen LogP contribution in [-0.4, -0.2) is 25.7 Å². The summed E-state index contributed by atoms with van der Waals surface area (Å²) in [6, 6.07) is 6.05. The van der Waals surface area contributed by atoms with Gasteiger partial charge in [0.15, 0.2) is 5.69 Å². The van der Waals surface area contributed by atoms with Crippen molar-refractivity contribution in [1.82, 2.24) is 19.7 Å². The summed E-state index contributed by atoms with van der Waals surface area (Å²) in [5.41, 5.74) is -0.914. The van der Waals surface area contributed by atoms with Crippen LogP contribution in [0.15, 0.2) is 42.7 Å². The predicted octanol–water partition coefficient (Wildman–Crippen LogP) is 3.29. The SMILES string of the molecule is Cn1nc(C(F)(F)F)cc1-c1cncc(C(=O)Nc2cccc(F)c2)n1. The first-order chi connectivity index (χ1) is 12.2. The molecule has 3 rings (SSSR count). The first-order valence-corrected chi connectivity index (χ1v) is 7.24. The van der Waals surface area contributed by atoms with Crippen LogP contribution in [0.25, 0.3) is 11.4 Å². The Kier molecular flexibility index (Phi) is 4.41. The molecule has 1 amide bonds. The van der Waals surface area contributed by atoms with E-state index in [0.29, 0.717) is 0 Å². The minimum absolute atomic E-state index is 0.0439. The molecule has 2 aromatic heterocycles. The van der Waals surface area contributed by atoms with Gasteiger partial charge in [0, 0.05) is 12.7 Å². The van der Waals surface area contributed by atoms with Crippen LogP contribution in [-0.2, 0) is 13.2 Å². The zero-order valence-corrected chi connectivity index (χ0v) is 13.3. The van der Waals surface area contributed by atoms with Crippen molar-refractivity contribution in [1.29, 1.82) is 0 Å². The van der Waals surface area contributed by atoms with Crippen LogP contribution in [0, 0.1) is 5.82 Å². The summed E-state index contributed by atoms with van der Waals surface area (Å²) >= 11 is 0. The van der Waals surface area contributed by atoms with Gasteiger partial charge >= 0.3 is 6.18 Å². The number of rotatable bonds is 3. The molecule has 134 valence electrons. The summed E-state index contributed by atoms with van der Waals surface area (Å²) in [7, 11) is 1.33. The number of anilines is 1. The van der Waals surface area contributed by atoms with Crippen LogP contribution in [0.4, 0.5) is 23.2 Å². The number of nitrogens with zero attached hydrogens (tertiary/aromatic N) is 4. The first kappa shape index (κ1) is 17.5. The number of alkyl halides is 3. The molecule has 0 atom stereocenters. The Morgan fingerprint density at radius 3 is 2.62 bits per heavy atom. The molecule has 1 aromatic carbocycles. The molecule has 2 heterocycles. The number of hydrogen-bond acceptors (Lipinski definition) is 4. The molecular formula is C16H11F4N5O. The number of nitrogens with one attached hydrogen (secondary N) is 1. The molecule has 1 N–H and O–H groups in total. The van der Waals surface area contributed by atoms with Gasteiger partial charge < -0.3 is 5.32 Å². The van der Waals surface area contributed by atoms with E-state index in [0.717, 1.165) is 23.0 Å². The second-order valence-corrected chi connectivity index (χ2v) is 5.29. The second-order valence-electron chi connectivity index (χ2n) is 5.29. The van der Waals surface area contributed by atoms with Crippen LogP contribution >= 0.6 is 0 Å². The Morgan fingerprint density at radius 2 is 1.96 bits per heavy atom. The van der Waals surface area contributed by atoms with Crippen LogP contribution < -0.4 is 5.32 Å². The third kappa shape index (κ3) is 3.68. The molecular weight excluding hydrogens is 354 g/mol. The number of aryl methyl sites for hydroxylation is 1. The summed E-state index contributed by atoms with van der Waals surface area (Å²) < 4.78 is 52.5. The van der Waals surface area contributed by atoms with Crippen molar-refractivity contribution in [2.24, 2.45) is 7.05 Å². The van der Waals surface area contributed by atoms with Gasteiger partial charge in [-0.3, -0.25) is 14.5 Å². The van der Waals surface area contributed by atoms with Gasteiger partial charge in [-0.2, -0.15) is 18.3 Å². The predicted molar refractivity (Wildman–Crippen MR) is 83.6 cm³/mol. The maximum absolute atomic E-state index is 13.2. The summed E-state index contributed by atoms with van der Waals surface area (Å²) in [6.45, 7) is 0. The number of carbonyl (C=O) groups excluding carboxylic acids is 1. The Morgan fingerprint density at radius 1 is 1.19 bits per heavy atom. The van der Waals surface area contributed by atoms with Crippen molar-refractivity contribution < 1.29 is 22.4 Å². The fraction of sp³-hybridized carbons (Fsp3) is 0.125. The average molecular weight is 365 g/mol. The Bertz CT molecular complexity index is 967. The molecule has 0 saturated heterocycles. The highest BCUT2D eigenvalue weighted by Gasteiger charge is 2.35. The third-order valence-corrected chi connectivity index (χ3v) is 3.38. The normalized spacial score (nSPS) is 11.4. The average Bonchev–Trinajstić information content (AvgIpc) is 2.97. The number of hydrogen-bond donors (Lipinski definition) is 1. The Hall–Kier alpha value is -3.30. The van der Waals surface area contributed by atoms with Gasteiger partial charge in [-0.05, 0) is 24.3 Å². The molecule has 6 nitrogen and oxygen atoms in total. The molecule has 0 spiro atoms. The van der Waals surface area contributed by atoms with Gasteiger partial charge in [0.2, 0.25) is 0 Å². The molecule has 0 saturated carbocycles. The summed E-state index contributed by atoms with van der Waals surface area (Å²) in [5.74, 6) is -1.21. The molecule has 0 aliphatic carbocycles. The van der Waals surface area contributed by atoms with E-state index in [4.69, 9.17) is 0 Å². The van der Waals surface area contributed by atoms with Gasteiger partial charge in [0.25, 0.3) is 5.91 Å². The third-order valence-electron chi connectivity index (χ3n) is 3.38. The van der Waals surface area contributed by atoms with Gasteiger partial charge in [0.1, 0.15) is 17.2 Å². The fourth-order valence-corrected chi connectivity index (χ4v) is 2.21. The standard InChI is InChI=1S/C16H11F4N5O/c1-25-13(6-14(24-25)16(18,19)20)11-7-21-8-12(23-11)15(26)22-10-4-2-3-9(17)5-10/h2-8H,1H3,(H,22,26). The highest BCUT2D eigenvalue weighted by molar-refractivity contribution is 6.02. The van der Waals surface area contributed by atoms with Crippen molar-refractivity contribution in [2.75, 3.05) is 5.32 Å². The van der Waals surface area contributed by atoms with Crippen LogP contribution in [0.1, 0.15) is 16.2 Å². The van der Waals surface area contributed by atoms with Gasteiger partial charge in [-0.25, -0.2) is 9.37 Å². The number of aromatic nitrogens is 4. The van der Waals surface area contributed by atoms with Gasteiger partial charge in [-0.1, -0.05) is 6.07 Å². The molecule has 0 fully saturated rings. The topological polar surface area (TPSA) is 72.7 Å². The van der Waals surface area contributed by atoms with E-state index in [2.05, 4.69) is 20.4 Å². The zero-order valence-electron chi connectivity index (χ0n) is 13.3. The van der Waals surface area contributed by atoms with Crippen molar-refractivity contribution >= 4 is 11.6 Å². The lowest BCUT2D eigenvalue weighted by Crippen LogP contribution is -2.14. The highest BCUT2D eigenvalue weighted by atomic mass is 19.4. The molecule has 26 heavy (non-hydrogen) atoms. The van der Waals surface area contributed by atoms with Crippen molar-refractivity contribution in [3.05, 3.63) is 59.9 Å². The fourth-order valence-electron chi connectivity index (χ4n) is 2.21. The van der Waals surface area contributed by atoms with E-state index < -0.39 is 23.6 Å². The molecule has 0 radical (unpaired) electrons. The number of amides is 1. The molecule has 0 bridgehead atoms. The second kappa shape index (κ2) is 6.54. The van der Waals surface area contributed by atoms with Crippen molar-refractivity contribution in [3.8, 4) is 11.4 Å². The minimum Gasteiger partial charge on any atom is -0.321 e. The molecule has 0 aliphatic rings. The smallest absolute Gasteiger partial charge is 0.321 e. The number of benzene rings is 1. The van der Waals surface area contributed by atoms with Crippen LogP contribution in [0.3, 0.4) is 0 Å². The van der Waals surface area contributed by atoms with Crippen LogP contribution in [0.2, 0.25) is 0 Å². The van der Waals surface area contributed by atoms with E-state index in [1.54, 1.807) is 0 Å². The summed E-state index contributed by atoms with van der Waals surface area (Å²) in [6.07, 6.45) is -2.23. The lowest BCUT2D eigenvalue weighted by atomic mass is 10.2. The van der Waals surface area contributed by atoms with Gasteiger partial charge in [-0.15, -0.1) is 0 Å². The van der Waals surface area contributed by atoms with E-state index in [9.17, 15) is 22.4 Å². The maximum Gasteiger partial charge on any atom is 0.435 e. The lowest BCUT2D eigenvalue weighted by Gasteiger charge is -2.06. The van der Waals surface area contributed by atoms with E-state index in [1.807, 2.05) is 0 Å². The summed E-state index contributed by atoms with van der Waals surface area (Å²) in [5, 5.41) is 5.83. The first-order valence-electron chi connectivity index (χ1n) is 7.24. The molecule has 0 aliphatic heterocycles. The van der Waals surface area contributed by atoms with Crippen LogP contribution in [0.5, 0.6) is 0 Å². The molecule has 10 heteroatoms. The van der Waals surface area contributed by atoms with Gasteiger partial charge in [0.05, 0.1) is 18.1 Å². The largest absolute Gasteiger partial charge is 0.435 e. The van der Waals surface area contributed by atoms with E-state index >= 15 is 0 Å². The quantitative estimate of drug-likeness (QED) is 0.723. The zero-order chi connectivity index (χ0) is 18.9. The number of halogens is 4. The highest BCUT2D eigenvalue weighted by Crippen LogP contribution is 2.30. The Labute approximate surface area is 144 Å². The van der Waals surface area contributed by atoms with Crippen molar-refractivity contribution in [3.63, 3.8) is 0 Å². The maximum atomic E-state index is 13.2. The van der Waals surface area contributed by atoms with Crippen molar-refractivity contribution in [2.45, 2.75) is 6.18 Å². The van der Waals surface area contributed by atoms with E-state index in [1.165, 1.54) is 31.4 Å². The minimum atomic E-state index is -4.60. The Balaban J connectivity index is 1.89. The number of carbonyl (C=O) groups is 1. The summed E-state index contributed by atoms with van der Waals surface area (Å²) in [4.78, 5) is 20.1. The molecule has 3 aromatic rings.